The molecule has 0 aliphatic heterocycles. The second kappa shape index (κ2) is 6.45. The molecule has 1 rings (SSSR count). The normalized spacial score (nSPS) is 12.7. The Balaban J connectivity index is 2.33. The molecule has 4 heteroatoms. The van der Waals surface area contributed by atoms with Crippen molar-refractivity contribution in [1.82, 2.24) is 5.32 Å². The number of benzene rings is 1. The van der Waals surface area contributed by atoms with E-state index in [4.69, 9.17) is 9.47 Å². The Morgan fingerprint density at radius 3 is 2.37 bits per heavy atom. The molecule has 0 aromatic heterocycles. The van der Waals surface area contributed by atoms with Crippen LogP contribution in [0.1, 0.15) is 33.3 Å². The van der Waals surface area contributed by atoms with E-state index in [0.717, 1.165) is 5.75 Å². The SMILES string of the molecule is Cc1ccc(OCC(C)NC(=O)OC(C)(C)C)cc1. The highest BCUT2D eigenvalue weighted by Crippen LogP contribution is 2.11. The van der Waals surface area contributed by atoms with E-state index in [1.54, 1.807) is 0 Å². The smallest absolute Gasteiger partial charge is 0.407 e. The topological polar surface area (TPSA) is 47.6 Å². The highest BCUT2D eigenvalue weighted by molar-refractivity contribution is 5.68. The van der Waals surface area contributed by atoms with E-state index < -0.39 is 11.7 Å². The summed E-state index contributed by atoms with van der Waals surface area (Å²) >= 11 is 0. The predicted octanol–water partition coefficient (Wildman–Crippen LogP) is 3.29. The maximum atomic E-state index is 11.5. The molecule has 0 heterocycles. The van der Waals surface area contributed by atoms with Gasteiger partial charge in [0, 0.05) is 0 Å². The van der Waals surface area contributed by atoms with Gasteiger partial charge in [0.25, 0.3) is 0 Å². The summed E-state index contributed by atoms with van der Waals surface area (Å²) in [5, 5.41) is 2.73. The largest absolute Gasteiger partial charge is 0.491 e. The van der Waals surface area contributed by atoms with E-state index in [-0.39, 0.29) is 6.04 Å². The van der Waals surface area contributed by atoms with Crippen molar-refractivity contribution >= 4 is 6.09 Å². The molecule has 4 nitrogen and oxygen atoms in total. The van der Waals surface area contributed by atoms with Gasteiger partial charge in [-0.3, -0.25) is 0 Å². The standard InChI is InChI=1S/C15H23NO3/c1-11-6-8-13(9-7-11)18-10-12(2)16-14(17)19-15(3,4)5/h6-9,12H,10H2,1-5H3,(H,16,17). The number of rotatable bonds is 4. The minimum atomic E-state index is -0.485. The van der Waals surface area contributed by atoms with Crippen molar-refractivity contribution in [2.45, 2.75) is 46.3 Å². The molecule has 1 amide bonds. The molecule has 1 aromatic carbocycles. The van der Waals surface area contributed by atoms with Crippen molar-refractivity contribution in [3.63, 3.8) is 0 Å². The van der Waals surface area contributed by atoms with Gasteiger partial charge in [0.1, 0.15) is 18.0 Å². The van der Waals surface area contributed by atoms with Crippen LogP contribution >= 0.6 is 0 Å². The van der Waals surface area contributed by atoms with Gasteiger partial charge in [-0.2, -0.15) is 0 Å². The molecule has 0 aliphatic rings. The number of aryl methyl sites for hydroxylation is 1. The molecule has 0 bridgehead atoms. The lowest BCUT2D eigenvalue weighted by Gasteiger charge is -2.22. The fourth-order valence-corrected chi connectivity index (χ4v) is 1.41. The zero-order chi connectivity index (χ0) is 14.5. The first-order chi connectivity index (χ1) is 8.76. The van der Waals surface area contributed by atoms with Crippen molar-refractivity contribution in [1.29, 1.82) is 0 Å². The van der Waals surface area contributed by atoms with Crippen LogP contribution in [0.4, 0.5) is 4.79 Å². The van der Waals surface area contributed by atoms with Crippen LogP contribution < -0.4 is 10.1 Å². The lowest BCUT2D eigenvalue weighted by Crippen LogP contribution is -2.40. The van der Waals surface area contributed by atoms with Gasteiger partial charge in [0.2, 0.25) is 0 Å². The van der Waals surface area contributed by atoms with Gasteiger partial charge in [-0.25, -0.2) is 4.79 Å². The number of ether oxygens (including phenoxy) is 2. The summed E-state index contributed by atoms with van der Waals surface area (Å²) in [7, 11) is 0. The van der Waals surface area contributed by atoms with Crippen LogP contribution in [0.15, 0.2) is 24.3 Å². The Bertz CT molecular complexity index is 406. The highest BCUT2D eigenvalue weighted by atomic mass is 16.6. The summed E-state index contributed by atoms with van der Waals surface area (Å²) < 4.78 is 10.8. The Kier molecular flexibility index (Phi) is 5.21. The molecule has 0 saturated carbocycles. The Hall–Kier alpha value is -1.71. The summed E-state index contributed by atoms with van der Waals surface area (Å²) in [6.07, 6.45) is -0.424. The minimum Gasteiger partial charge on any atom is -0.491 e. The third-order valence-electron chi connectivity index (χ3n) is 2.28. The van der Waals surface area contributed by atoms with E-state index >= 15 is 0 Å². The van der Waals surface area contributed by atoms with Crippen LogP contribution in [-0.2, 0) is 4.74 Å². The van der Waals surface area contributed by atoms with Crippen LogP contribution in [0.25, 0.3) is 0 Å². The quantitative estimate of drug-likeness (QED) is 0.908. The van der Waals surface area contributed by atoms with E-state index in [2.05, 4.69) is 5.32 Å². The number of hydrogen-bond acceptors (Lipinski definition) is 3. The molecule has 1 N–H and O–H groups in total. The van der Waals surface area contributed by atoms with Crippen LogP contribution in [-0.4, -0.2) is 24.3 Å². The lowest BCUT2D eigenvalue weighted by molar-refractivity contribution is 0.0494. The second-order valence-corrected chi connectivity index (χ2v) is 5.67. The molecule has 0 saturated heterocycles. The summed E-state index contributed by atoms with van der Waals surface area (Å²) in [4.78, 5) is 11.5. The molecule has 1 atom stereocenters. The van der Waals surface area contributed by atoms with Crippen molar-refractivity contribution in [3.05, 3.63) is 29.8 Å². The third kappa shape index (κ3) is 6.70. The van der Waals surface area contributed by atoms with Crippen molar-refractivity contribution < 1.29 is 14.3 Å². The molecule has 0 spiro atoms. The summed E-state index contributed by atoms with van der Waals surface area (Å²) in [6.45, 7) is 9.80. The van der Waals surface area contributed by atoms with Crippen LogP contribution in [0.5, 0.6) is 5.75 Å². The molecule has 0 fully saturated rings. The van der Waals surface area contributed by atoms with Gasteiger partial charge < -0.3 is 14.8 Å². The van der Waals surface area contributed by atoms with Crippen molar-refractivity contribution in [2.24, 2.45) is 0 Å². The first kappa shape index (κ1) is 15.3. The monoisotopic (exact) mass is 265 g/mol. The van der Waals surface area contributed by atoms with Gasteiger partial charge in [-0.15, -0.1) is 0 Å². The van der Waals surface area contributed by atoms with Crippen LogP contribution in [0.2, 0.25) is 0 Å². The van der Waals surface area contributed by atoms with Gasteiger partial charge in [-0.1, -0.05) is 17.7 Å². The number of nitrogens with one attached hydrogen (secondary N) is 1. The number of carbonyl (C=O) groups is 1. The average molecular weight is 265 g/mol. The van der Waals surface area contributed by atoms with E-state index in [1.807, 2.05) is 58.9 Å². The van der Waals surface area contributed by atoms with Crippen molar-refractivity contribution in [2.75, 3.05) is 6.61 Å². The first-order valence-corrected chi connectivity index (χ1v) is 6.45. The zero-order valence-electron chi connectivity index (χ0n) is 12.3. The molecule has 0 aliphatic carbocycles. The summed E-state index contributed by atoms with van der Waals surface area (Å²) in [5.41, 5.74) is 0.703. The fourth-order valence-electron chi connectivity index (χ4n) is 1.41. The van der Waals surface area contributed by atoms with Crippen LogP contribution in [0, 0.1) is 6.92 Å². The molecule has 1 unspecified atom stereocenters. The first-order valence-electron chi connectivity index (χ1n) is 6.45. The van der Waals surface area contributed by atoms with Crippen molar-refractivity contribution in [3.8, 4) is 5.75 Å². The second-order valence-electron chi connectivity index (χ2n) is 5.67. The highest BCUT2D eigenvalue weighted by Gasteiger charge is 2.17. The number of hydrogen-bond donors (Lipinski definition) is 1. The molecule has 0 radical (unpaired) electrons. The number of carbonyl (C=O) groups excluding carboxylic acids is 1. The Morgan fingerprint density at radius 2 is 1.84 bits per heavy atom. The molecular weight excluding hydrogens is 242 g/mol. The number of amides is 1. The summed E-state index contributed by atoms with van der Waals surface area (Å²) in [6, 6.07) is 7.68. The maximum absolute atomic E-state index is 11.5. The minimum absolute atomic E-state index is 0.115. The zero-order valence-corrected chi connectivity index (χ0v) is 12.3. The van der Waals surface area contributed by atoms with E-state index in [1.165, 1.54) is 5.56 Å². The van der Waals surface area contributed by atoms with E-state index in [0.29, 0.717) is 6.61 Å². The average Bonchev–Trinajstić information content (AvgIpc) is 2.25. The van der Waals surface area contributed by atoms with Gasteiger partial charge in [0.05, 0.1) is 6.04 Å². The Morgan fingerprint density at radius 1 is 1.26 bits per heavy atom. The van der Waals surface area contributed by atoms with E-state index in [9.17, 15) is 4.79 Å². The molecule has 106 valence electrons. The summed E-state index contributed by atoms with van der Waals surface area (Å²) in [5.74, 6) is 0.795. The molecule has 1 aromatic rings. The predicted molar refractivity (Wildman–Crippen MR) is 75.5 cm³/mol. The maximum Gasteiger partial charge on any atom is 0.407 e. The lowest BCUT2D eigenvalue weighted by atomic mass is 10.2. The van der Waals surface area contributed by atoms with Gasteiger partial charge >= 0.3 is 6.09 Å². The number of alkyl carbamates (subject to hydrolysis) is 1. The third-order valence-corrected chi connectivity index (χ3v) is 2.28. The van der Waals surface area contributed by atoms with Crippen LogP contribution in [0.3, 0.4) is 0 Å². The van der Waals surface area contributed by atoms with Gasteiger partial charge in [-0.05, 0) is 46.8 Å². The molecule has 19 heavy (non-hydrogen) atoms. The fraction of sp³-hybridized carbons (Fsp3) is 0.533. The Labute approximate surface area is 115 Å². The van der Waals surface area contributed by atoms with Gasteiger partial charge in [0.15, 0.2) is 0 Å². The molecular formula is C15H23NO3.